The van der Waals surface area contributed by atoms with Crippen LogP contribution in [0.3, 0.4) is 0 Å². The van der Waals surface area contributed by atoms with E-state index in [-0.39, 0.29) is 18.9 Å². The van der Waals surface area contributed by atoms with Crippen LogP contribution in [0.15, 0.2) is 0 Å². The SMILES string of the molecule is COC(=O)NC1CCC(F)(F)CC1. The Bertz CT molecular complexity index is 187. The van der Waals surface area contributed by atoms with Gasteiger partial charge in [0.05, 0.1) is 7.11 Å². The van der Waals surface area contributed by atoms with E-state index in [4.69, 9.17) is 0 Å². The van der Waals surface area contributed by atoms with Gasteiger partial charge in [-0.25, -0.2) is 13.6 Å². The Labute approximate surface area is 75.4 Å². The van der Waals surface area contributed by atoms with E-state index in [0.717, 1.165) is 0 Å². The summed E-state index contributed by atoms with van der Waals surface area (Å²) in [5.74, 6) is -2.55. The lowest BCUT2D eigenvalue weighted by Gasteiger charge is -2.28. The normalized spacial score (nSPS) is 22.4. The summed E-state index contributed by atoms with van der Waals surface area (Å²) in [6, 6.07) is -0.160. The number of alkyl carbamates (subject to hydrolysis) is 1. The summed E-state index contributed by atoms with van der Waals surface area (Å²) in [6.07, 6.45) is -0.205. The molecular weight excluding hydrogens is 180 g/mol. The fraction of sp³-hybridized carbons (Fsp3) is 0.875. The molecule has 0 radical (unpaired) electrons. The fourth-order valence-electron chi connectivity index (χ4n) is 1.41. The lowest BCUT2D eigenvalue weighted by molar-refractivity contribution is -0.0401. The zero-order valence-corrected chi connectivity index (χ0v) is 7.48. The van der Waals surface area contributed by atoms with Crippen molar-refractivity contribution in [3.63, 3.8) is 0 Å². The van der Waals surface area contributed by atoms with Gasteiger partial charge in [-0.1, -0.05) is 0 Å². The lowest BCUT2D eigenvalue weighted by atomic mass is 9.92. The molecule has 0 aromatic carbocycles. The average Bonchev–Trinajstić information content (AvgIpc) is 2.08. The van der Waals surface area contributed by atoms with Crippen LogP contribution >= 0.6 is 0 Å². The van der Waals surface area contributed by atoms with E-state index in [1.54, 1.807) is 0 Å². The van der Waals surface area contributed by atoms with Gasteiger partial charge in [0.1, 0.15) is 0 Å². The predicted molar refractivity (Wildman–Crippen MR) is 42.7 cm³/mol. The molecule has 1 rings (SSSR count). The van der Waals surface area contributed by atoms with Crippen LogP contribution in [0.4, 0.5) is 13.6 Å². The van der Waals surface area contributed by atoms with Gasteiger partial charge in [-0.05, 0) is 12.8 Å². The van der Waals surface area contributed by atoms with Gasteiger partial charge in [0.2, 0.25) is 5.92 Å². The molecule has 1 aliphatic rings. The van der Waals surface area contributed by atoms with Crippen LogP contribution in [-0.2, 0) is 4.74 Å². The zero-order valence-electron chi connectivity index (χ0n) is 7.48. The van der Waals surface area contributed by atoms with Crippen molar-refractivity contribution >= 4 is 6.09 Å². The third-order valence-corrected chi connectivity index (χ3v) is 2.22. The van der Waals surface area contributed by atoms with Crippen LogP contribution in [0.5, 0.6) is 0 Å². The number of nitrogens with one attached hydrogen (secondary N) is 1. The van der Waals surface area contributed by atoms with Crippen LogP contribution in [0.2, 0.25) is 0 Å². The molecule has 0 aromatic heterocycles. The minimum absolute atomic E-state index is 0.151. The van der Waals surface area contributed by atoms with Crippen molar-refractivity contribution in [1.82, 2.24) is 5.32 Å². The van der Waals surface area contributed by atoms with E-state index in [1.165, 1.54) is 7.11 Å². The maximum Gasteiger partial charge on any atom is 0.407 e. The third kappa shape index (κ3) is 3.16. The second-order valence-electron chi connectivity index (χ2n) is 3.27. The molecule has 0 spiro atoms. The van der Waals surface area contributed by atoms with Gasteiger partial charge in [-0.15, -0.1) is 0 Å². The Morgan fingerprint density at radius 3 is 2.46 bits per heavy atom. The Balaban J connectivity index is 2.29. The zero-order chi connectivity index (χ0) is 9.90. The second-order valence-corrected chi connectivity index (χ2v) is 3.27. The number of amides is 1. The van der Waals surface area contributed by atoms with Crippen molar-refractivity contribution in [1.29, 1.82) is 0 Å². The van der Waals surface area contributed by atoms with E-state index in [1.807, 2.05) is 0 Å². The molecule has 3 nitrogen and oxygen atoms in total. The van der Waals surface area contributed by atoms with E-state index in [9.17, 15) is 13.6 Å². The summed E-state index contributed by atoms with van der Waals surface area (Å²) < 4.78 is 29.7. The van der Waals surface area contributed by atoms with Gasteiger partial charge in [0.25, 0.3) is 0 Å². The Morgan fingerprint density at radius 1 is 1.46 bits per heavy atom. The molecule has 0 aliphatic heterocycles. The van der Waals surface area contributed by atoms with Gasteiger partial charge in [0, 0.05) is 18.9 Å². The minimum Gasteiger partial charge on any atom is -0.453 e. The maximum absolute atomic E-state index is 12.7. The number of alkyl halides is 2. The van der Waals surface area contributed by atoms with E-state index in [2.05, 4.69) is 10.1 Å². The molecule has 0 unspecified atom stereocenters. The molecule has 5 heteroatoms. The predicted octanol–water partition coefficient (Wildman–Crippen LogP) is 1.92. The van der Waals surface area contributed by atoms with E-state index < -0.39 is 12.0 Å². The first-order chi connectivity index (χ1) is 6.03. The minimum atomic E-state index is -2.55. The summed E-state index contributed by atoms with van der Waals surface area (Å²) in [7, 11) is 1.26. The molecule has 1 N–H and O–H groups in total. The van der Waals surface area contributed by atoms with E-state index in [0.29, 0.717) is 12.8 Å². The molecule has 1 aliphatic carbocycles. The summed E-state index contributed by atoms with van der Waals surface area (Å²) in [5.41, 5.74) is 0. The molecule has 0 aromatic rings. The van der Waals surface area contributed by atoms with Gasteiger partial charge in [-0.2, -0.15) is 0 Å². The van der Waals surface area contributed by atoms with Crippen LogP contribution in [0.25, 0.3) is 0 Å². The smallest absolute Gasteiger partial charge is 0.407 e. The van der Waals surface area contributed by atoms with Gasteiger partial charge < -0.3 is 10.1 Å². The summed E-state index contributed by atoms with van der Waals surface area (Å²) >= 11 is 0. The van der Waals surface area contributed by atoms with Crippen LogP contribution in [-0.4, -0.2) is 25.2 Å². The maximum atomic E-state index is 12.7. The standard InChI is InChI=1S/C8H13F2NO2/c1-13-7(12)11-6-2-4-8(9,10)5-3-6/h6H,2-5H2,1H3,(H,11,12). The van der Waals surface area contributed by atoms with Crippen molar-refractivity contribution in [2.24, 2.45) is 0 Å². The third-order valence-electron chi connectivity index (χ3n) is 2.22. The highest BCUT2D eigenvalue weighted by Crippen LogP contribution is 2.32. The second kappa shape index (κ2) is 3.89. The Morgan fingerprint density at radius 2 is 2.00 bits per heavy atom. The number of carbonyl (C=O) groups is 1. The van der Waals surface area contributed by atoms with Gasteiger partial charge >= 0.3 is 6.09 Å². The number of halogens is 2. The van der Waals surface area contributed by atoms with Crippen molar-refractivity contribution in [2.75, 3.05) is 7.11 Å². The first-order valence-corrected chi connectivity index (χ1v) is 4.26. The number of hydrogen-bond acceptors (Lipinski definition) is 2. The molecule has 1 fully saturated rings. The Kier molecular flexibility index (Phi) is 3.06. The number of rotatable bonds is 1. The van der Waals surface area contributed by atoms with Crippen molar-refractivity contribution in [2.45, 2.75) is 37.6 Å². The van der Waals surface area contributed by atoms with Crippen molar-refractivity contribution in [3.8, 4) is 0 Å². The molecule has 0 saturated heterocycles. The molecule has 13 heavy (non-hydrogen) atoms. The molecule has 76 valence electrons. The lowest BCUT2D eigenvalue weighted by Crippen LogP contribution is -2.40. The molecule has 0 atom stereocenters. The average molecular weight is 193 g/mol. The number of methoxy groups -OCH3 is 1. The van der Waals surface area contributed by atoms with Crippen molar-refractivity contribution < 1.29 is 18.3 Å². The molecule has 1 saturated carbocycles. The summed E-state index contributed by atoms with van der Waals surface area (Å²) in [4.78, 5) is 10.7. The highest BCUT2D eigenvalue weighted by molar-refractivity contribution is 5.67. The number of hydrogen-bond donors (Lipinski definition) is 1. The number of ether oxygens (including phenoxy) is 1. The fourth-order valence-corrected chi connectivity index (χ4v) is 1.41. The molecule has 0 heterocycles. The largest absolute Gasteiger partial charge is 0.453 e. The van der Waals surface area contributed by atoms with Crippen LogP contribution in [0, 0.1) is 0 Å². The quantitative estimate of drug-likeness (QED) is 0.690. The Hall–Kier alpha value is -0.870. The molecular formula is C8H13F2NO2. The van der Waals surface area contributed by atoms with Gasteiger partial charge in [-0.3, -0.25) is 0 Å². The highest BCUT2D eigenvalue weighted by atomic mass is 19.3. The first-order valence-electron chi connectivity index (χ1n) is 4.26. The highest BCUT2D eigenvalue weighted by Gasteiger charge is 2.35. The first kappa shape index (κ1) is 10.2. The summed E-state index contributed by atoms with van der Waals surface area (Å²) in [6.45, 7) is 0. The number of carbonyl (C=O) groups excluding carboxylic acids is 1. The van der Waals surface area contributed by atoms with Crippen LogP contribution in [0.1, 0.15) is 25.7 Å². The molecule has 0 bridgehead atoms. The van der Waals surface area contributed by atoms with Crippen molar-refractivity contribution in [3.05, 3.63) is 0 Å². The monoisotopic (exact) mass is 193 g/mol. The topological polar surface area (TPSA) is 38.3 Å². The summed E-state index contributed by atoms with van der Waals surface area (Å²) in [5, 5.41) is 2.51. The van der Waals surface area contributed by atoms with Crippen LogP contribution < -0.4 is 5.32 Å². The van der Waals surface area contributed by atoms with Gasteiger partial charge in [0.15, 0.2) is 0 Å². The molecule has 1 amide bonds. The van der Waals surface area contributed by atoms with E-state index >= 15 is 0 Å².